The zero-order chi connectivity index (χ0) is 30.2. The van der Waals surface area contributed by atoms with E-state index in [9.17, 15) is 0 Å². The normalized spacial score (nSPS) is 11.9. The standard InChI is InChI=1S/C44H26OS/c1-2-13-28(14-3-1)39-26-38-43(45-39)37(25-36-31-16-10-11-21-40(31)46-44(36)38)42-34-19-8-6-17-32(34)41(33-18-7-9-20-35(33)42)30-23-22-27-12-4-5-15-29(27)24-30/h1-26H. The van der Waals surface area contributed by atoms with Gasteiger partial charge in [0, 0.05) is 42.2 Å². The number of hydrogen-bond acceptors (Lipinski definition) is 2. The zero-order valence-corrected chi connectivity index (χ0v) is 25.6. The number of benzene rings is 8. The van der Waals surface area contributed by atoms with Crippen molar-refractivity contribution in [3.63, 3.8) is 0 Å². The van der Waals surface area contributed by atoms with E-state index in [2.05, 4.69) is 158 Å². The Balaban J connectivity index is 1.37. The van der Waals surface area contributed by atoms with E-state index < -0.39 is 0 Å². The molecule has 0 aliphatic heterocycles. The predicted molar refractivity (Wildman–Crippen MR) is 198 cm³/mol. The number of furan rings is 1. The molecule has 2 heteroatoms. The monoisotopic (exact) mass is 602 g/mol. The summed E-state index contributed by atoms with van der Waals surface area (Å²) < 4.78 is 9.47. The number of fused-ring (bicyclic) bond motifs is 8. The van der Waals surface area contributed by atoms with E-state index in [4.69, 9.17) is 4.42 Å². The van der Waals surface area contributed by atoms with E-state index in [1.807, 2.05) is 11.3 Å². The summed E-state index contributed by atoms with van der Waals surface area (Å²) >= 11 is 1.85. The first-order valence-corrected chi connectivity index (χ1v) is 16.5. The molecule has 8 aromatic carbocycles. The molecule has 0 amide bonds. The highest BCUT2D eigenvalue weighted by atomic mass is 32.1. The van der Waals surface area contributed by atoms with E-state index in [0.29, 0.717) is 0 Å². The molecule has 10 aromatic rings. The van der Waals surface area contributed by atoms with Crippen LogP contribution in [0.2, 0.25) is 0 Å². The smallest absolute Gasteiger partial charge is 0.144 e. The Morgan fingerprint density at radius 2 is 1.00 bits per heavy atom. The van der Waals surface area contributed by atoms with Gasteiger partial charge in [0.15, 0.2) is 0 Å². The summed E-state index contributed by atoms with van der Waals surface area (Å²) in [6.45, 7) is 0. The fourth-order valence-electron chi connectivity index (χ4n) is 7.38. The molecule has 0 radical (unpaired) electrons. The molecule has 2 heterocycles. The Hall–Kier alpha value is -5.70. The van der Waals surface area contributed by atoms with Gasteiger partial charge in [-0.15, -0.1) is 11.3 Å². The first kappa shape index (κ1) is 25.6. The van der Waals surface area contributed by atoms with Gasteiger partial charge in [0.2, 0.25) is 0 Å². The first-order chi connectivity index (χ1) is 22.8. The highest BCUT2D eigenvalue weighted by molar-refractivity contribution is 7.26. The summed E-state index contributed by atoms with van der Waals surface area (Å²) in [4.78, 5) is 0. The summed E-state index contributed by atoms with van der Waals surface area (Å²) in [6, 6.07) is 57.1. The van der Waals surface area contributed by atoms with E-state index in [1.54, 1.807) is 0 Å². The molecule has 46 heavy (non-hydrogen) atoms. The van der Waals surface area contributed by atoms with Crippen molar-refractivity contribution in [3.8, 4) is 33.6 Å². The molecule has 0 bridgehead atoms. The van der Waals surface area contributed by atoms with Crippen molar-refractivity contribution in [3.05, 3.63) is 158 Å². The maximum atomic E-state index is 6.91. The van der Waals surface area contributed by atoms with Gasteiger partial charge in [-0.05, 0) is 67.7 Å². The van der Waals surface area contributed by atoms with Gasteiger partial charge in [0.05, 0.1) is 0 Å². The predicted octanol–water partition coefficient (Wildman–Crippen LogP) is 13.3. The van der Waals surface area contributed by atoms with Crippen molar-refractivity contribution in [1.82, 2.24) is 0 Å². The lowest BCUT2D eigenvalue weighted by atomic mass is 9.85. The van der Waals surface area contributed by atoms with Gasteiger partial charge >= 0.3 is 0 Å². The maximum Gasteiger partial charge on any atom is 0.144 e. The zero-order valence-electron chi connectivity index (χ0n) is 24.8. The molecule has 0 saturated carbocycles. The van der Waals surface area contributed by atoms with Crippen molar-refractivity contribution < 1.29 is 4.42 Å². The molecule has 0 unspecified atom stereocenters. The molecule has 0 atom stereocenters. The fourth-order valence-corrected chi connectivity index (χ4v) is 8.58. The maximum absolute atomic E-state index is 6.91. The number of hydrogen-bond donors (Lipinski definition) is 0. The molecule has 0 N–H and O–H groups in total. The second-order valence-corrected chi connectivity index (χ2v) is 13.1. The Morgan fingerprint density at radius 3 is 1.74 bits per heavy atom. The molecule has 1 nitrogen and oxygen atoms in total. The van der Waals surface area contributed by atoms with Gasteiger partial charge in [-0.1, -0.05) is 133 Å². The minimum atomic E-state index is 0.892. The van der Waals surface area contributed by atoms with Gasteiger partial charge in [-0.3, -0.25) is 0 Å². The van der Waals surface area contributed by atoms with Gasteiger partial charge in [-0.25, -0.2) is 0 Å². The lowest BCUT2D eigenvalue weighted by Gasteiger charge is -2.18. The Bertz CT molecular complexity index is 2740. The largest absolute Gasteiger partial charge is 0.455 e. The Kier molecular flexibility index (Phi) is 5.51. The van der Waals surface area contributed by atoms with Gasteiger partial charge in [0.25, 0.3) is 0 Å². The summed E-state index contributed by atoms with van der Waals surface area (Å²) in [7, 11) is 0. The lowest BCUT2D eigenvalue weighted by molar-refractivity contribution is 0.633. The second kappa shape index (κ2) is 9.90. The van der Waals surface area contributed by atoms with Crippen molar-refractivity contribution >= 4 is 74.8 Å². The average molecular weight is 603 g/mol. The summed E-state index contributed by atoms with van der Waals surface area (Å²) in [5, 5.41) is 11.2. The van der Waals surface area contributed by atoms with Gasteiger partial charge in [0.1, 0.15) is 11.3 Å². The minimum absolute atomic E-state index is 0.892. The molecular weight excluding hydrogens is 577 g/mol. The molecule has 0 aliphatic carbocycles. The van der Waals surface area contributed by atoms with Crippen LogP contribution in [0.5, 0.6) is 0 Å². The van der Waals surface area contributed by atoms with Crippen LogP contribution in [0, 0.1) is 0 Å². The van der Waals surface area contributed by atoms with E-state index >= 15 is 0 Å². The molecule has 0 fully saturated rings. The van der Waals surface area contributed by atoms with Gasteiger partial charge in [-0.2, -0.15) is 0 Å². The Morgan fingerprint density at radius 1 is 0.391 bits per heavy atom. The van der Waals surface area contributed by atoms with Crippen LogP contribution in [0.25, 0.3) is 97.0 Å². The van der Waals surface area contributed by atoms with E-state index in [0.717, 1.165) is 22.5 Å². The van der Waals surface area contributed by atoms with E-state index in [-0.39, 0.29) is 0 Å². The molecule has 0 aliphatic rings. The SMILES string of the molecule is c1ccc(-c2cc3c(o2)c(-c2c4ccccc4c(-c4ccc5ccccc5c4)c4ccccc24)cc2c4ccccc4sc32)cc1. The topological polar surface area (TPSA) is 13.1 Å². The average Bonchev–Trinajstić information content (AvgIpc) is 3.73. The second-order valence-electron chi connectivity index (χ2n) is 12.0. The summed E-state index contributed by atoms with van der Waals surface area (Å²) in [6.07, 6.45) is 0. The molecule has 0 saturated heterocycles. The minimum Gasteiger partial charge on any atom is -0.455 e. The van der Waals surface area contributed by atoms with Crippen LogP contribution in [-0.4, -0.2) is 0 Å². The number of thiophene rings is 1. The first-order valence-electron chi connectivity index (χ1n) is 15.7. The molecular formula is C44H26OS. The van der Waals surface area contributed by atoms with Crippen LogP contribution >= 0.6 is 11.3 Å². The van der Waals surface area contributed by atoms with Crippen LogP contribution < -0.4 is 0 Å². The fraction of sp³-hybridized carbons (Fsp3) is 0. The third-order valence-electron chi connectivity index (χ3n) is 9.44. The molecule has 2 aromatic heterocycles. The number of rotatable bonds is 3. The van der Waals surface area contributed by atoms with Crippen LogP contribution in [0.3, 0.4) is 0 Å². The van der Waals surface area contributed by atoms with Crippen molar-refractivity contribution in [2.75, 3.05) is 0 Å². The van der Waals surface area contributed by atoms with Crippen LogP contribution in [0.1, 0.15) is 0 Å². The van der Waals surface area contributed by atoms with Crippen LogP contribution in [0.15, 0.2) is 162 Å². The van der Waals surface area contributed by atoms with E-state index in [1.165, 1.54) is 74.6 Å². The van der Waals surface area contributed by atoms with Crippen LogP contribution in [-0.2, 0) is 0 Å². The summed E-state index contributed by atoms with van der Waals surface area (Å²) in [5.41, 5.74) is 6.86. The molecule has 0 spiro atoms. The van der Waals surface area contributed by atoms with Crippen molar-refractivity contribution in [2.24, 2.45) is 0 Å². The lowest BCUT2D eigenvalue weighted by Crippen LogP contribution is -1.91. The third kappa shape index (κ3) is 3.74. The highest BCUT2D eigenvalue weighted by Gasteiger charge is 2.23. The molecule has 10 rings (SSSR count). The van der Waals surface area contributed by atoms with Crippen molar-refractivity contribution in [2.45, 2.75) is 0 Å². The Labute approximate surface area is 269 Å². The summed E-state index contributed by atoms with van der Waals surface area (Å²) in [5.74, 6) is 0.892. The van der Waals surface area contributed by atoms with Gasteiger partial charge < -0.3 is 4.42 Å². The van der Waals surface area contributed by atoms with Crippen LogP contribution in [0.4, 0.5) is 0 Å². The molecule has 214 valence electrons. The third-order valence-corrected chi connectivity index (χ3v) is 10.7. The quantitative estimate of drug-likeness (QED) is 0.183. The van der Waals surface area contributed by atoms with Crippen molar-refractivity contribution in [1.29, 1.82) is 0 Å². The highest BCUT2D eigenvalue weighted by Crippen LogP contribution is 2.50.